The van der Waals surface area contributed by atoms with Crippen molar-refractivity contribution in [2.45, 2.75) is 32.1 Å². The average Bonchev–Trinajstić information content (AvgIpc) is 2.67. The van der Waals surface area contributed by atoms with Crippen LogP contribution >= 0.6 is 11.6 Å². The maximum Gasteiger partial charge on any atom is 0.151 e. The normalized spacial score (nSPS) is 11.2. The molecule has 2 N–H and O–H groups in total. The van der Waals surface area contributed by atoms with Crippen molar-refractivity contribution in [2.75, 3.05) is 13.2 Å². The number of nitriles is 1. The second-order valence-corrected chi connectivity index (χ2v) is 6.28. The predicted molar refractivity (Wildman–Crippen MR) is 105 cm³/mol. The molecule has 0 fully saturated rings. The summed E-state index contributed by atoms with van der Waals surface area (Å²) in [5.41, 5.74) is 6.87. The molecule has 0 atom stereocenters. The summed E-state index contributed by atoms with van der Waals surface area (Å²) in [6, 6.07) is 13.0. The van der Waals surface area contributed by atoms with Crippen molar-refractivity contribution >= 4 is 17.4 Å². The topological polar surface area (TPSA) is 84.3 Å². The second kappa shape index (κ2) is 11.1. The van der Waals surface area contributed by atoms with Crippen LogP contribution < -0.4 is 10.5 Å². The Labute approximate surface area is 159 Å². The summed E-state index contributed by atoms with van der Waals surface area (Å²) in [4.78, 5) is 8.34. The van der Waals surface area contributed by atoms with Crippen molar-refractivity contribution in [3.8, 4) is 11.8 Å². The van der Waals surface area contributed by atoms with Crippen molar-refractivity contribution in [3.63, 3.8) is 0 Å². The van der Waals surface area contributed by atoms with E-state index in [1.165, 1.54) is 0 Å². The van der Waals surface area contributed by atoms with Crippen LogP contribution in [0.3, 0.4) is 0 Å². The van der Waals surface area contributed by atoms with Crippen LogP contribution in [-0.4, -0.2) is 24.0 Å². The van der Waals surface area contributed by atoms with Crippen LogP contribution in [0.2, 0.25) is 5.02 Å². The Bertz CT molecular complexity index is 753. The zero-order chi connectivity index (χ0) is 18.6. The first-order chi connectivity index (χ1) is 12.7. The van der Waals surface area contributed by atoms with Gasteiger partial charge in [-0.15, -0.1) is 0 Å². The third-order valence-electron chi connectivity index (χ3n) is 3.86. The maximum atomic E-state index is 9.03. The lowest BCUT2D eigenvalue weighted by Crippen LogP contribution is -2.16. The summed E-state index contributed by atoms with van der Waals surface area (Å²) in [7, 11) is 0. The second-order valence-electron chi connectivity index (χ2n) is 5.85. The number of aliphatic imine (C=N–C) groups is 1. The van der Waals surface area contributed by atoms with Gasteiger partial charge in [-0.3, -0.25) is 4.99 Å². The molecular weight excluding hydrogens is 348 g/mol. The molecule has 0 amide bonds. The van der Waals surface area contributed by atoms with E-state index in [1.54, 1.807) is 18.3 Å². The largest absolute Gasteiger partial charge is 0.494 e. The van der Waals surface area contributed by atoms with Crippen molar-refractivity contribution in [1.29, 1.82) is 5.26 Å². The van der Waals surface area contributed by atoms with Crippen molar-refractivity contribution < 1.29 is 4.74 Å². The lowest BCUT2D eigenvalue weighted by Gasteiger charge is -2.06. The van der Waals surface area contributed by atoms with E-state index >= 15 is 0 Å². The van der Waals surface area contributed by atoms with E-state index in [0.29, 0.717) is 35.3 Å². The molecule has 0 unspecified atom stereocenters. The number of unbranched alkanes of at least 4 members (excludes halogenated alkanes) is 4. The fraction of sp³-hybridized carbons (Fsp3) is 0.350. The van der Waals surface area contributed by atoms with Crippen molar-refractivity contribution in [1.82, 2.24) is 4.98 Å². The number of amidine groups is 1. The molecule has 1 aromatic carbocycles. The molecule has 2 aromatic rings. The van der Waals surface area contributed by atoms with Crippen LogP contribution in [0.25, 0.3) is 0 Å². The molecule has 0 radical (unpaired) electrons. The first-order valence-electron chi connectivity index (χ1n) is 8.74. The van der Waals surface area contributed by atoms with Gasteiger partial charge in [0.2, 0.25) is 0 Å². The summed E-state index contributed by atoms with van der Waals surface area (Å²) < 4.78 is 5.66. The number of rotatable bonds is 10. The number of benzene rings is 1. The van der Waals surface area contributed by atoms with Gasteiger partial charge in [-0.05, 0) is 49.2 Å². The summed E-state index contributed by atoms with van der Waals surface area (Å²) in [5, 5.41) is 9.74. The predicted octanol–water partition coefficient (Wildman–Crippen LogP) is 4.34. The van der Waals surface area contributed by atoms with Gasteiger partial charge in [0.1, 0.15) is 17.7 Å². The number of aromatic nitrogens is 1. The lowest BCUT2D eigenvalue weighted by molar-refractivity contribution is 0.304. The monoisotopic (exact) mass is 370 g/mol. The Balaban J connectivity index is 1.56. The molecule has 0 saturated heterocycles. The molecule has 6 heteroatoms. The van der Waals surface area contributed by atoms with Crippen molar-refractivity contribution in [3.05, 3.63) is 58.9 Å². The van der Waals surface area contributed by atoms with Crippen LogP contribution in [-0.2, 0) is 0 Å². The number of pyridine rings is 1. The molecule has 0 aliphatic heterocycles. The van der Waals surface area contributed by atoms with Gasteiger partial charge in [-0.1, -0.05) is 30.9 Å². The van der Waals surface area contributed by atoms with Gasteiger partial charge in [-0.2, -0.15) is 5.26 Å². The Morgan fingerprint density at radius 2 is 1.85 bits per heavy atom. The van der Waals surface area contributed by atoms with E-state index in [4.69, 9.17) is 27.3 Å². The van der Waals surface area contributed by atoms with Crippen molar-refractivity contribution in [2.24, 2.45) is 10.7 Å². The van der Waals surface area contributed by atoms with E-state index in [0.717, 1.165) is 37.9 Å². The summed E-state index contributed by atoms with van der Waals surface area (Å²) in [6.45, 7) is 1.37. The smallest absolute Gasteiger partial charge is 0.151 e. The average molecular weight is 371 g/mol. The number of nitrogens with two attached hydrogens (primary N) is 1. The molecule has 0 aliphatic carbocycles. The molecule has 0 aliphatic rings. The summed E-state index contributed by atoms with van der Waals surface area (Å²) in [5.74, 6) is 1.23. The molecule has 1 heterocycles. The van der Waals surface area contributed by atoms with E-state index in [2.05, 4.69) is 9.98 Å². The number of ether oxygens (including phenoxy) is 1. The molecular formula is C20H23ClN4O. The van der Waals surface area contributed by atoms with Crippen LogP contribution in [0, 0.1) is 11.3 Å². The van der Waals surface area contributed by atoms with Crippen LogP contribution in [0.1, 0.15) is 43.4 Å². The van der Waals surface area contributed by atoms with Gasteiger partial charge in [0.25, 0.3) is 0 Å². The van der Waals surface area contributed by atoms with E-state index in [1.807, 2.05) is 30.3 Å². The fourth-order valence-electron chi connectivity index (χ4n) is 2.45. The van der Waals surface area contributed by atoms with Gasteiger partial charge in [0.15, 0.2) is 5.69 Å². The van der Waals surface area contributed by atoms with Crippen LogP contribution in [0.4, 0.5) is 0 Å². The summed E-state index contributed by atoms with van der Waals surface area (Å²) in [6.07, 6.45) is 6.92. The highest BCUT2D eigenvalue weighted by molar-refractivity contribution is 6.30. The van der Waals surface area contributed by atoms with Gasteiger partial charge in [-0.25, -0.2) is 4.98 Å². The maximum absolute atomic E-state index is 9.03. The molecule has 26 heavy (non-hydrogen) atoms. The van der Waals surface area contributed by atoms with Gasteiger partial charge < -0.3 is 10.5 Å². The molecule has 1 aromatic heterocycles. The molecule has 136 valence electrons. The first kappa shape index (κ1) is 19.7. The van der Waals surface area contributed by atoms with Gasteiger partial charge in [0, 0.05) is 17.8 Å². The summed E-state index contributed by atoms with van der Waals surface area (Å²) >= 11 is 5.84. The number of hydrogen-bond donors (Lipinski definition) is 1. The molecule has 0 spiro atoms. The van der Waals surface area contributed by atoms with E-state index in [-0.39, 0.29) is 0 Å². The third-order valence-corrected chi connectivity index (χ3v) is 4.11. The zero-order valence-electron chi connectivity index (χ0n) is 14.7. The lowest BCUT2D eigenvalue weighted by atomic mass is 10.1. The first-order valence-corrected chi connectivity index (χ1v) is 9.12. The minimum Gasteiger partial charge on any atom is -0.494 e. The highest BCUT2D eigenvalue weighted by Crippen LogP contribution is 2.16. The van der Waals surface area contributed by atoms with Crippen LogP contribution in [0.5, 0.6) is 5.75 Å². The SMILES string of the molecule is N#Cc1ncccc1C(N)=NCCCCCCCOc1ccc(Cl)cc1. The Kier molecular flexibility index (Phi) is 8.44. The molecule has 5 nitrogen and oxygen atoms in total. The Hall–Kier alpha value is -2.58. The van der Waals surface area contributed by atoms with Crippen LogP contribution in [0.15, 0.2) is 47.6 Å². The number of nitrogens with zero attached hydrogens (tertiary/aromatic N) is 3. The molecule has 0 saturated carbocycles. The quantitative estimate of drug-likeness (QED) is 0.383. The standard InChI is InChI=1S/C20H23ClN4O/c21-16-8-10-17(11-9-16)26-14-5-3-1-2-4-12-25-20(23)18-7-6-13-24-19(18)15-22/h6-11,13H,1-5,12,14H2,(H2,23,25). The minimum atomic E-state index is 0.314. The number of hydrogen-bond acceptors (Lipinski definition) is 4. The highest BCUT2D eigenvalue weighted by Gasteiger charge is 2.05. The Morgan fingerprint density at radius 3 is 2.62 bits per heavy atom. The zero-order valence-corrected chi connectivity index (χ0v) is 15.5. The third kappa shape index (κ3) is 6.73. The molecule has 0 bridgehead atoms. The number of halogens is 1. The molecule has 2 rings (SSSR count). The van der Waals surface area contributed by atoms with Gasteiger partial charge >= 0.3 is 0 Å². The van der Waals surface area contributed by atoms with Gasteiger partial charge in [0.05, 0.1) is 12.2 Å². The highest BCUT2D eigenvalue weighted by atomic mass is 35.5. The minimum absolute atomic E-state index is 0.314. The van der Waals surface area contributed by atoms with E-state index in [9.17, 15) is 0 Å². The van der Waals surface area contributed by atoms with E-state index < -0.39 is 0 Å². The fourth-order valence-corrected chi connectivity index (χ4v) is 2.58. The Morgan fingerprint density at radius 1 is 1.12 bits per heavy atom.